The molecule has 1 rings (SSSR count). The van der Waals surface area contributed by atoms with Crippen LogP contribution in [-0.2, 0) is 14.3 Å². The van der Waals surface area contributed by atoms with Crippen molar-refractivity contribution in [3.8, 4) is 0 Å². The summed E-state index contributed by atoms with van der Waals surface area (Å²) in [6.07, 6.45) is 0.372. The fourth-order valence-corrected chi connectivity index (χ4v) is 1.53. The van der Waals surface area contributed by atoms with Crippen molar-refractivity contribution in [3.63, 3.8) is 0 Å². The molecule has 1 atom stereocenters. The zero-order valence-corrected chi connectivity index (χ0v) is 7.98. The molecule has 0 spiro atoms. The van der Waals surface area contributed by atoms with Gasteiger partial charge in [-0.1, -0.05) is 23.2 Å². The number of ether oxygens (including phenoxy) is 1. The van der Waals surface area contributed by atoms with E-state index in [2.05, 4.69) is 4.74 Å². The summed E-state index contributed by atoms with van der Waals surface area (Å²) in [4.78, 5) is 21.6. The van der Waals surface area contributed by atoms with Crippen LogP contribution in [0.1, 0.15) is 12.8 Å². The maximum Gasteiger partial charge on any atom is 0.305 e. The quantitative estimate of drug-likeness (QED) is 0.510. The van der Waals surface area contributed by atoms with Gasteiger partial charge in [0.2, 0.25) is 0 Å². The maximum atomic E-state index is 10.8. The lowest BCUT2D eigenvalue weighted by molar-refractivity contribution is -0.143. The van der Waals surface area contributed by atoms with Gasteiger partial charge in [-0.3, -0.25) is 9.59 Å². The molecule has 0 N–H and O–H groups in total. The molecule has 1 aliphatic carbocycles. The highest BCUT2D eigenvalue weighted by molar-refractivity contribution is 6.60. The monoisotopic (exact) mass is 210 g/mol. The Hall–Kier alpha value is -0.280. The van der Waals surface area contributed by atoms with Gasteiger partial charge in [0.05, 0.1) is 13.5 Å². The molecule has 0 aromatic rings. The molecule has 0 radical (unpaired) electrons. The lowest BCUT2D eigenvalue weighted by atomic mass is 9.80. The summed E-state index contributed by atoms with van der Waals surface area (Å²) < 4.78 is 3.05. The molecule has 0 amide bonds. The SMILES string of the molecule is COC(=O)CC1CC(=O)C1(Cl)Cl. The zero-order valence-electron chi connectivity index (χ0n) is 6.47. The first-order valence-corrected chi connectivity index (χ1v) is 4.22. The van der Waals surface area contributed by atoms with E-state index >= 15 is 0 Å². The van der Waals surface area contributed by atoms with Gasteiger partial charge in [0.25, 0.3) is 0 Å². The van der Waals surface area contributed by atoms with E-state index in [0.29, 0.717) is 0 Å². The van der Waals surface area contributed by atoms with Gasteiger partial charge in [-0.15, -0.1) is 0 Å². The van der Waals surface area contributed by atoms with Crippen LogP contribution in [0.5, 0.6) is 0 Å². The highest BCUT2D eigenvalue weighted by atomic mass is 35.5. The Labute approximate surface area is 80.0 Å². The van der Waals surface area contributed by atoms with E-state index < -0.39 is 10.3 Å². The standard InChI is InChI=1S/C7H8Cl2O3/c1-12-6(11)3-4-2-5(10)7(4,8)9/h4H,2-3H2,1H3. The van der Waals surface area contributed by atoms with E-state index in [1.807, 2.05) is 0 Å². The number of hydrogen-bond donors (Lipinski definition) is 0. The molecule has 0 aromatic carbocycles. The van der Waals surface area contributed by atoms with E-state index in [1.165, 1.54) is 7.11 Å². The van der Waals surface area contributed by atoms with Crippen LogP contribution in [0.2, 0.25) is 0 Å². The van der Waals surface area contributed by atoms with Gasteiger partial charge in [-0.25, -0.2) is 0 Å². The molecule has 1 aliphatic rings. The Morgan fingerprint density at radius 3 is 2.67 bits per heavy atom. The van der Waals surface area contributed by atoms with Crippen LogP contribution in [-0.4, -0.2) is 23.2 Å². The minimum atomic E-state index is -1.37. The molecule has 0 saturated heterocycles. The third-order valence-corrected chi connectivity index (χ3v) is 3.00. The average molecular weight is 211 g/mol. The molecule has 68 valence electrons. The fourth-order valence-electron chi connectivity index (χ4n) is 1.07. The van der Waals surface area contributed by atoms with Crippen LogP contribution in [0.25, 0.3) is 0 Å². The van der Waals surface area contributed by atoms with Gasteiger partial charge < -0.3 is 4.74 Å². The minimum absolute atomic E-state index is 0.106. The van der Waals surface area contributed by atoms with Crippen molar-refractivity contribution in [2.45, 2.75) is 17.2 Å². The van der Waals surface area contributed by atoms with Gasteiger partial charge in [0, 0.05) is 12.3 Å². The number of alkyl halides is 2. The molecule has 0 bridgehead atoms. The van der Waals surface area contributed by atoms with Crippen LogP contribution in [0.4, 0.5) is 0 Å². The second-order valence-corrected chi connectivity index (χ2v) is 4.11. The Kier molecular flexibility index (Phi) is 2.64. The molecule has 3 nitrogen and oxygen atoms in total. The van der Waals surface area contributed by atoms with Crippen LogP contribution in [0.15, 0.2) is 0 Å². The number of rotatable bonds is 2. The lowest BCUT2D eigenvalue weighted by Gasteiger charge is -2.36. The fraction of sp³-hybridized carbons (Fsp3) is 0.714. The van der Waals surface area contributed by atoms with Crippen molar-refractivity contribution in [2.75, 3.05) is 7.11 Å². The molecule has 0 aromatic heterocycles. The van der Waals surface area contributed by atoms with E-state index in [4.69, 9.17) is 23.2 Å². The largest absolute Gasteiger partial charge is 0.469 e. The van der Waals surface area contributed by atoms with Crippen LogP contribution >= 0.6 is 23.2 Å². The number of methoxy groups -OCH3 is 1. The Balaban J connectivity index is 2.47. The highest BCUT2D eigenvalue weighted by Crippen LogP contribution is 2.46. The molecule has 1 unspecified atom stereocenters. The summed E-state index contributed by atoms with van der Waals surface area (Å²) in [5.41, 5.74) is 0. The first kappa shape index (κ1) is 9.81. The lowest BCUT2D eigenvalue weighted by Crippen LogP contribution is -2.48. The van der Waals surface area contributed by atoms with Gasteiger partial charge >= 0.3 is 5.97 Å². The summed E-state index contributed by atoms with van der Waals surface area (Å²) in [6.45, 7) is 0. The predicted molar refractivity (Wildman–Crippen MR) is 44.2 cm³/mol. The molecular formula is C7H8Cl2O3. The first-order valence-electron chi connectivity index (χ1n) is 3.46. The summed E-state index contributed by atoms with van der Waals surface area (Å²) in [5, 5.41) is 0. The second kappa shape index (κ2) is 3.23. The third-order valence-electron chi connectivity index (χ3n) is 1.96. The van der Waals surface area contributed by atoms with Crippen molar-refractivity contribution in [1.82, 2.24) is 0 Å². The van der Waals surface area contributed by atoms with E-state index in [-0.39, 0.29) is 24.5 Å². The van der Waals surface area contributed by atoms with Gasteiger partial charge in [-0.2, -0.15) is 0 Å². The van der Waals surface area contributed by atoms with Crippen LogP contribution in [0.3, 0.4) is 0 Å². The number of Topliss-reactive ketones (excluding diaryl/α,β-unsaturated/α-hetero) is 1. The summed E-state index contributed by atoms with van der Waals surface area (Å²) in [6, 6.07) is 0. The minimum Gasteiger partial charge on any atom is -0.469 e. The Morgan fingerprint density at radius 1 is 1.75 bits per heavy atom. The Bertz CT molecular complexity index is 225. The molecule has 0 aliphatic heterocycles. The normalized spacial score (nSPS) is 26.2. The molecule has 0 heterocycles. The molecule has 1 saturated carbocycles. The maximum absolute atomic E-state index is 10.8. The number of carbonyl (C=O) groups excluding carboxylic acids is 2. The van der Waals surface area contributed by atoms with Crippen molar-refractivity contribution in [2.24, 2.45) is 5.92 Å². The van der Waals surface area contributed by atoms with Crippen molar-refractivity contribution >= 4 is 35.0 Å². The number of esters is 1. The second-order valence-electron chi connectivity index (χ2n) is 2.73. The van der Waals surface area contributed by atoms with Crippen LogP contribution in [0, 0.1) is 5.92 Å². The summed E-state index contributed by atoms with van der Waals surface area (Å²) in [5.74, 6) is -0.904. The molecule has 5 heteroatoms. The summed E-state index contributed by atoms with van der Waals surface area (Å²) >= 11 is 11.3. The highest BCUT2D eigenvalue weighted by Gasteiger charge is 2.53. The average Bonchev–Trinajstić information content (AvgIpc) is 2.03. The van der Waals surface area contributed by atoms with Crippen molar-refractivity contribution in [3.05, 3.63) is 0 Å². The third kappa shape index (κ3) is 1.57. The van der Waals surface area contributed by atoms with Crippen molar-refractivity contribution in [1.29, 1.82) is 0 Å². The smallest absolute Gasteiger partial charge is 0.305 e. The number of ketones is 1. The first-order chi connectivity index (χ1) is 5.48. The summed E-state index contributed by atoms with van der Waals surface area (Å²) in [7, 11) is 1.28. The van der Waals surface area contributed by atoms with Crippen LogP contribution < -0.4 is 0 Å². The van der Waals surface area contributed by atoms with Crippen molar-refractivity contribution < 1.29 is 14.3 Å². The van der Waals surface area contributed by atoms with E-state index in [0.717, 1.165) is 0 Å². The number of carbonyl (C=O) groups is 2. The van der Waals surface area contributed by atoms with E-state index in [1.54, 1.807) is 0 Å². The molecule has 1 fully saturated rings. The van der Waals surface area contributed by atoms with Gasteiger partial charge in [-0.05, 0) is 0 Å². The molecule has 12 heavy (non-hydrogen) atoms. The number of hydrogen-bond acceptors (Lipinski definition) is 3. The topological polar surface area (TPSA) is 43.4 Å². The Morgan fingerprint density at radius 2 is 2.33 bits per heavy atom. The zero-order chi connectivity index (χ0) is 9.35. The van der Waals surface area contributed by atoms with Gasteiger partial charge in [0.15, 0.2) is 10.1 Å². The van der Waals surface area contributed by atoms with Gasteiger partial charge in [0.1, 0.15) is 0 Å². The van der Waals surface area contributed by atoms with E-state index in [9.17, 15) is 9.59 Å². The molecular weight excluding hydrogens is 203 g/mol. The number of halogens is 2. The predicted octanol–water partition coefficient (Wildman–Crippen LogP) is 1.31.